The van der Waals surface area contributed by atoms with Gasteiger partial charge in [-0.25, -0.2) is 4.79 Å². The molecule has 7 nitrogen and oxygen atoms in total. The number of nitrogens with one attached hydrogen (secondary N) is 3. The maximum atomic E-state index is 12.4. The molecule has 2 aromatic carbocycles. The number of rotatable bonds is 9. The zero-order chi connectivity index (χ0) is 23.6. The van der Waals surface area contributed by atoms with Crippen LogP contribution in [0.25, 0.3) is 0 Å². The summed E-state index contributed by atoms with van der Waals surface area (Å²) in [4.78, 5) is 29.0. The third-order valence-electron chi connectivity index (χ3n) is 5.76. The maximum absolute atomic E-state index is 12.4. The Morgan fingerprint density at radius 3 is 2.36 bits per heavy atom. The first-order valence-corrected chi connectivity index (χ1v) is 11.9. The molecule has 0 bridgehead atoms. The molecule has 0 aliphatic carbocycles. The highest BCUT2D eigenvalue weighted by Crippen LogP contribution is 2.17. The topological polar surface area (TPSA) is 76.7 Å². The summed E-state index contributed by atoms with van der Waals surface area (Å²) in [6, 6.07) is 15.9. The maximum Gasteiger partial charge on any atom is 0.315 e. The third-order valence-corrected chi connectivity index (χ3v) is 5.76. The van der Waals surface area contributed by atoms with Crippen molar-refractivity contribution in [2.24, 2.45) is 0 Å². The molecule has 1 heterocycles. The van der Waals surface area contributed by atoms with E-state index in [4.69, 9.17) is 0 Å². The summed E-state index contributed by atoms with van der Waals surface area (Å²) < 4.78 is 0. The molecule has 7 heteroatoms. The van der Waals surface area contributed by atoms with Crippen LogP contribution in [0.4, 0.5) is 10.5 Å². The molecule has 178 valence electrons. The van der Waals surface area contributed by atoms with Crippen molar-refractivity contribution in [3.8, 4) is 0 Å². The van der Waals surface area contributed by atoms with E-state index in [-0.39, 0.29) is 18.0 Å². The summed E-state index contributed by atoms with van der Waals surface area (Å²) in [6.07, 6.45) is 0.934. The summed E-state index contributed by atoms with van der Waals surface area (Å²) in [5.41, 5.74) is 4.20. The van der Waals surface area contributed by atoms with Crippen LogP contribution in [0, 0.1) is 6.92 Å². The lowest BCUT2D eigenvalue weighted by Gasteiger charge is -2.36. The molecule has 0 aromatic heterocycles. The Morgan fingerprint density at radius 1 is 0.970 bits per heavy atom. The van der Waals surface area contributed by atoms with E-state index in [9.17, 15) is 9.59 Å². The van der Waals surface area contributed by atoms with Gasteiger partial charge in [0.05, 0.1) is 0 Å². The molecule has 0 saturated carbocycles. The van der Waals surface area contributed by atoms with Crippen molar-refractivity contribution in [1.29, 1.82) is 0 Å². The Morgan fingerprint density at radius 2 is 1.70 bits per heavy atom. The number of aryl methyl sites for hydroxylation is 1. The molecule has 1 aliphatic heterocycles. The monoisotopic (exact) mass is 451 g/mol. The minimum Gasteiger partial charge on any atom is -0.369 e. The fourth-order valence-electron chi connectivity index (χ4n) is 3.93. The predicted octanol–water partition coefficient (Wildman–Crippen LogP) is 3.14. The van der Waals surface area contributed by atoms with Gasteiger partial charge in [0.2, 0.25) is 0 Å². The second-order valence-corrected chi connectivity index (χ2v) is 8.96. The molecule has 0 atom stereocenters. The first-order chi connectivity index (χ1) is 15.9. The average molecular weight is 452 g/mol. The number of anilines is 1. The van der Waals surface area contributed by atoms with Crippen molar-refractivity contribution in [2.75, 3.05) is 44.2 Å². The Balaban J connectivity index is 1.31. The zero-order valence-electron chi connectivity index (χ0n) is 20.1. The van der Waals surface area contributed by atoms with Gasteiger partial charge in [-0.2, -0.15) is 0 Å². The molecular formula is C26H37N5O2. The molecular weight excluding hydrogens is 414 g/mol. The van der Waals surface area contributed by atoms with Gasteiger partial charge in [-0.3, -0.25) is 9.69 Å². The number of hydrogen-bond acceptors (Lipinski definition) is 4. The van der Waals surface area contributed by atoms with Crippen LogP contribution in [0.15, 0.2) is 48.5 Å². The van der Waals surface area contributed by atoms with Gasteiger partial charge in [-0.05, 0) is 69.1 Å². The number of benzene rings is 2. The number of piperazine rings is 1. The number of amides is 3. The van der Waals surface area contributed by atoms with Gasteiger partial charge in [-0.1, -0.05) is 24.3 Å². The first-order valence-electron chi connectivity index (χ1n) is 11.9. The van der Waals surface area contributed by atoms with E-state index in [1.807, 2.05) is 26.0 Å². The van der Waals surface area contributed by atoms with E-state index in [1.54, 1.807) is 12.1 Å². The summed E-state index contributed by atoms with van der Waals surface area (Å²) in [5, 5.41) is 8.61. The second-order valence-electron chi connectivity index (χ2n) is 8.96. The second kappa shape index (κ2) is 12.3. The molecule has 2 aromatic rings. The Labute approximate surface area is 197 Å². The number of carbonyl (C=O) groups is 2. The van der Waals surface area contributed by atoms with Crippen LogP contribution in [0.5, 0.6) is 0 Å². The van der Waals surface area contributed by atoms with Gasteiger partial charge in [0.25, 0.3) is 5.91 Å². The van der Waals surface area contributed by atoms with Crippen molar-refractivity contribution in [3.05, 3.63) is 65.2 Å². The van der Waals surface area contributed by atoms with Crippen LogP contribution in [-0.2, 0) is 6.54 Å². The summed E-state index contributed by atoms with van der Waals surface area (Å²) in [6.45, 7) is 12.2. The lowest BCUT2D eigenvalue weighted by atomic mass is 10.1. The van der Waals surface area contributed by atoms with E-state index >= 15 is 0 Å². The Kier molecular flexibility index (Phi) is 9.13. The van der Waals surface area contributed by atoms with E-state index in [2.05, 4.69) is 56.9 Å². The molecule has 3 rings (SSSR count). The average Bonchev–Trinajstić information content (AvgIpc) is 2.81. The van der Waals surface area contributed by atoms with Gasteiger partial charge in [-0.15, -0.1) is 0 Å². The molecule has 0 radical (unpaired) electrons. The van der Waals surface area contributed by atoms with Crippen molar-refractivity contribution >= 4 is 17.6 Å². The quantitative estimate of drug-likeness (QED) is 0.512. The Hall–Kier alpha value is -3.06. The molecule has 33 heavy (non-hydrogen) atoms. The number of urea groups is 1. The lowest BCUT2D eigenvalue weighted by molar-refractivity contribution is 0.0951. The van der Waals surface area contributed by atoms with Crippen LogP contribution in [-0.4, -0.2) is 62.1 Å². The molecule has 1 saturated heterocycles. The first kappa shape index (κ1) is 24.6. The molecule has 0 unspecified atom stereocenters. The molecule has 3 N–H and O–H groups in total. The van der Waals surface area contributed by atoms with E-state index in [0.29, 0.717) is 18.7 Å². The fraction of sp³-hybridized carbons (Fsp3) is 0.462. The predicted molar refractivity (Wildman–Crippen MR) is 134 cm³/mol. The van der Waals surface area contributed by atoms with Gasteiger partial charge in [0, 0.05) is 56.6 Å². The van der Waals surface area contributed by atoms with Gasteiger partial charge >= 0.3 is 6.03 Å². The van der Waals surface area contributed by atoms with Crippen molar-refractivity contribution in [3.63, 3.8) is 0 Å². The van der Waals surface area contributed by atoms with Crippen LogP contribution < -0.4 is 20.9 Å². The third kappa shape index (κ3) is 8.09. The number of nitrogens with zero attached hydrogens (tertiary/aromatic N) is 2. The minimum absolute atomic E-state index is 0.0590. The SMILES string of the molecule is Cc1cccc(N2CCN(CCCNC(=O)c3ccc(CNC(=O)NC(C)C)cc3)CC2)c1. The summed E-state index contributed by atoms with van der Waals surface area (Å²) >= 11 is 0. The largest absolute Gasteiger partial charge is 0.369 e. The smallest absolute Gasteiger partial charge is 0.315 e. The Bertz CT molecular complexity index is 905. The highest BCUT2D eigenvalue weighted by Gasteiger charge is 2.17. The van der Waals surface area contributed by atoms with Crippen LogP contribution in [0.1, 0.15) is 41.8 Å². The van der Waals surface area contributed by atoms with Crippen LogP contribution in [0.3, 0.4) is 0 Å². The van der Waals surface area contributed by atoms with Crippen molar-refractivity contribution in [2.45, 2.75) is 39.8 Å². The molecule has 1 aliphatic rings. The van der Waals surface area contributed by atoms with Crippen molar-refractivity contribution < 1.29 is 9.59 Å². The number of hydrogen-bond donors (Lipinski definition) is 3. The highest BCUT2D eigenvalue weighted by atomic mass is 16.2. The zero-order valence-corrected chi connectivity index (χ0v) is 20.1. The number of carbonyl (C=O) groups excluding carboxylic acids is 2. The van der Waals surface area contributed by atoms with E-state index in [0.717, 1.165) is 44.7 Å². The van der Waals surface area contributed by atoms with E-state index in [1.165, 1.54) is 11.3 Å². The molecule has 3 amide bonds. The van der Waals surface area contributed by atoms with Gasteiger partial charge in [0.15, 0.2) is 0 Å². The van der Waals surface area contributed by atoms with E-state index < -0.39 is 0 Å². The van der Waals surface area contributed by atoms with Crippen LogP contribution in [0.2, 0.25) is 0 Å². The van der Waals surface area contributed by atoms with Crippen LogP contribution >= 0.6 is 0 Å². The van der Waals surface area contributed by atoms with Gasteiger partial charge < -0.3 is 20.9 Å². The highest BCUT2D eigenvalue weighted by molar-refractivity contribution is 5.94. The summed E-state index contributed by atoms with van der Waals surface area (Å²) in [5.74, 6) is -0.0590. The molecule has 1 fully saturated rings. The minimum atomic E-state index is -0.191. The molecule has 0 spiro atoms. The normalized spacial score (nSPS) is 14.2. The standard InChI is InChI=1S/C26H37N5O2/c1-20(2)29-26(33)28-19-22-8-10-23(11-9-22)25(32)27-12-5-13-30-14-16-31(17-15-30)24-7-4-6-21(3)18-24/h4,6-11,18,20H,5,12-17,19H2,1-3H3,(H,27,32)(H2,28,29,33). The summed E-state index contributed by atoms with van der Waals surface area (Å²) in [7, 11) is 0. The van der Waals surface area contributed by atoms with Crippen molar-refractivity contribution in [1.82, 2.24) is 20.9 Å². The fourth-order valence-corrected chi connectivity index (χ4v) is 3.93. The lowest BCUT2D eigenvalue weighted by Crippen LogP contribution is -2.47. The van der Waals surface area contributed by atoms with Gasteiger partial charge in [0.1, 0.15) is 0 Å².